The topological polar surface area (TPSA) is 116 Å². The van der Waals surface area contributed by atoms with Crippen molar-refractivity contribution in [1.29, 1.82) is 0 Å². The van der Waals surface area contributed by atoms with Gasteiger partial charge in [0.25, 0.3) is 11.1 Å². The Labute approximate surface area is 195 Å². The molecule has 1 heterocycles. The molecule has 1 fully saturated rings. The SMILES string of the molecule is COc1cc(/C=C2\SC(=O)N(CC(=O)OC(C)C)C2=O)ccc1OS(=O)(=O)c1ccccc1. The molecule has 0 radical (unpaired) electrons. The lowest BCUT2D eigenvalue weighted by molar-refractivity contribution is -0.149. The first kappa shape index (κ1) is 24.3. The van der Waals surface area contributed by atoms with Crippen LogP contribution in [-0.4, -0.2) is 50.2 Å². The van der Waals surface area contributed by atoms with Gasteiger partial charge in [0.2, 0.25) is 0 Å². The van der Waals surface area contributed by atoms with Crippen LogP contribution in [0.25, 0.3) is 6.08 Å². The zero-order chi connectivity index (χ0) is 24.2. The summed E-state index contributed by atoms with van der Waals surface area (Å²) in [5.41, 5.74) is 0.464. The molecule has 0 unspecified atom stereocenters. The normalized spacial score (nSPS) is 15.3. The van der Waals surface area contributed by atoms with E-state index in [1.807, 2.05) is 0 Å². The number of rotatable bonds is 8. The van der Waals surface area contributed by atoms with Crippen molar-refractivity contribution in [3.8, 4) is 11.5 Å². The third-order valence-corrected chi connectivity index (χ3v) is 6.40. The van der Waals surface area contributed by atoms with Crippen LogP contribution in [0.15, 0.2) is 58.3 Å². The number of amides is 2. The van der Waals surface area contributed by atoms with E-state index in [0.29, 0.717) is 17.3 Å². The van der Waals surface area contributed by atoms with Gasteiger partial charge in [-0.2, -0.15) is 8.42 Å². The van der Waals surface area contributed by atoms with Crippen LogP contribution in [0.1, 0.15) is 19.4 Å². The summed E-state index contributed by atoms with van der Waals surface area (Å²) in [7, 11) is -2.73. The number of thioether (sulfide) groups is 1. The maximum absolute atomic E-state index is 12.6. The van der Waals surface area contributed by atoms with E-state index in [1.165, 1.54) is 43.5 Å². The lowest BCUT2D eigenvalue weighted by Gasteiger charge is -2.13. The van der Waals surface area contributed by atoms with Crippen molar-refractivity contribution in [2.45, 2.75) is 24.8 Å². The van der Waals surface area contributed by atoms with Gasteiger partial charge in [0.05, 0.1) is 18.1 Å². The molecule has 0 aromatic heterocycles. The largest absolute Gasteiger partial charge is 0.493 e. The van der Waals surface area contributed by atoms with E-state index in [4.69, 9.17) is 13.7 Å². The first-order valence-corrected chi connectivity index (χ1v) is 12.0. The van der Waals surface area contributed by atoms with Crippen LogP contribution in [0.5, 0.6) is 11.5 Å². The molecule has 1 aliphatic rings. The van der Waals surface area contributed by atoms with E-state index in [0.717, 1.165) is 4.90 Å². The van der Waals surface area contributed by atoms with Crippen molar-refractivity contribution in [1.82, 2.24) is 4.90 Å². The van der Waals surface area contributed by atoms with Crippen molar-refractivity contribution < 1.29 is 36.5 Å². The zero-order valence-corrected chi connectivity index (χ0v) is 19.6. The molecule has 11 heteroatoms. The molecular formula is C22H21NO8S2. The van der Waals surface area contributed by atoms with Gasteiger partial charge in [-0.1, -0.05) is 24.3 Å². The third kappa shape index (κ3) is 5.93. The van der Waals surface area contributed by atoms with Gasteiger partial charge < -0.3 is 13.7 Å². The fraction of sp³-hybridized carbons (Fsp3) is 0.227. The lowest BCUT2D eigenvalue weighted by atomic mass is 10.2. The zero-order valence-electron chi connectivity index (χ0n) is 18.0. The Hall–Kier alpha value is -3.31. The summed E-state index contributed by atoms with van der Waals surface area (Å²) in [5, 5.41) is -0.590. The Morgan fingerprint density at radius 3 is 2.42 bits per heavy atom. The van der Waals surface area contributed by atoms with E-state index >= 15 is 0 Å². The molecule has 2 aromatic rings. The quantitative estimate of drug-likeness (QED) is 0.311. The number of nitrogens with zero attached hydrogens (tertiary/aromatic N) is 1. The number of ether oxygens (including phenoxy) is 2. The first-order chi connectivity index (χ1) is 15.6. The predicted molar refractivity (Wildman–Crippen MR) is 121 cm³/mol. The van der Waals surface area contributed by atoms with Crippen molar-refractivity contribution in [3.05, 3.63) is 59.0 Å². The van der Waals surface area contributed by atoms with Crippen LogP contribution in [0.2, 0.25) is 0 Å². The molecular weight excluding hydrogens is 470 g/mol. The number of esters is 1. The maximum Gasteiger partial charge on any atom is 0.339 e. The summed E-state index contributed by atoms with van der Waals surface area (Å²) in [6, 6.07) is 12.0. The summed E-state index contributed by atoms with van der Waals surface area (Å²) in [4.78, 5) is 37.5. The van der Waals surface area contributed by atoms with Gasteiger partial charge in [0.15, 0.2) is 11.5 Å². The van der Waals surface area contributed by atoms with Crippen molar-refractivity contribution >= 4 is 45.1 Å². The number of imide groups is 1. The van der Waals surface area contributed by atoms with E-state index in [1.54, 1.807) is 32.0 Å². The fourth-order valence-corrected chi connectivity index (χ4v) is 4.61. The van der Waals surface area contributed by atoms with Crippen molar-refractivity contribution in [2.24, 2.45) is 0 Å². The first-order valence-electron chi connectivity index (χ1n) is 9.73. The second-order valence-electron chi connectivity index (χ2n) is 7.07. The van der Waals surface area contributed by atoms with Gasteiger partial charge in [0, 0.05) is 0 Å². The third-order valence-electron chi connectivity index (χ3n) is 4.24. The molecule has 0 aliphatic carbocycles. The summed E-state index contributed by atoms with van der Waals surface area (Å²) >= 11 is 0.685. The van der Waals surface area contributed by atoms with Crippen LogP contribution >= 0.6 is 11.8 Å². The van der Waals surface area contributed by atoms with Gasteiger partial charge in [-0.05, 0) is 61.5 Å². The molecule has 2 aromatic carbocycles. The minimum absolute atomic E-state index is 0.0132. The Bertz CT molecular complexity index is 1210. The van der Waals surface area contributed by atoms with Crippen LogP contribution in [0, 0.1) is 0 Å². The molecule has 0 spiro atoms. The van der Waals surface area contributed by atoms with Crippen LogP contribution in [-0.2, 0) is 24.4 Å². The maximum atomic E-state index is 12.6. The average Bonchev–Trinajstić information content (AvgIpc) is 3.02. The van der Waals surface area contributed by atoms with Gasteiger partial charge in [-0.15, -0.1) is 0 Å². The number of carbonyl (C=O) groups excluding carboxylic acids is 3. The van der Waals surface area contributed by atoms with Crippen molar-refractivity contribution in [3.63, 3.8) is 0 Å². The van der Waals surface area contributed by atoms with E-state index in [9.17, 15) is 22.8 Å². The summed E-state index contributed by atoms with van der Waals surface area (Å²) in [5.74, 6) is -1.24. The Morgan fingerprint density at radius 2 is 1.79 bits per heavy atom. The highest BCUT2D eigenvalue weighted by Crippen LogP contribution is 2.35. The minimum atomic E-state index is -4.07. The Morgan fingerprint density at radius 1 is 1.09 bits per heavy atom. The van der Waals surface area contributed by atoms with Gasteiger partial charge in [-0.3, -0.25) is 19.3 Å². The summed E-state index contributed by atoms with van der Waals surface area (Å²) in [6.45, 7) is 2.85. The molecule has 33 heavy (non-hydrogen) atoms. The molecule has 1 saturated heterocycles. The highest BCUT2D eigenvalue weighted by Gasteiger charge is 2.36. The molecule has 0 saturated carbocycles. The highest BCUT2D eigenvalue weighted by molar-refractivity contribution is 8.18. The number of hydrogen-bond donors (Lipinski definition) is 0. The Kier molecular flexibility index (Phi) is 7.44. The number of carbonyl (C=O) groups is 3. The van der Waals surface area contributed by atoms with E-state index in [2.05, 4.69) is 0 Å². The van der Waals surface area contributed by atoms with Crippen LogP contribution < -0.4 is 8.92 Å². The van der Waals surface area contributed by atoms with Gasteiger partial charge in [0.1, 0.15) is 11.4 Å². The predicted octanol–water partition coefficient (Wildman–Crippen LogP) is 3.45. The lowest BCUT2D eigenvalue weighted by Crippen LogP contribution is -2.35. The monoisotopic (exact) mass is 491 g/mol. The molecule has 0 bridgehead atoms. The average molecular weight is 492 g/mol. The smallest absolute Gasteiger partial charge is 0.339 e. The number of hydrogen-bond acceptors (Lipinski definition) is 9. The summed E-state index contributed by atoms with van der Waals surface area (Å²) in [6.07, 6.45) is 1.07. The molecule has 9 nitrogen and oxygen atoms in total. The fourth-order valence-electron chi connectivity index (χ4n) is 2.81. The molecule has 2 amide bonds. The molecule has 3 rings (SSSR count). The second kappa shape index (κ2) is 10.1. The summed E-state index contributed by atoms with van der Waals surface area (Å²) < 4.78 is 40.4. The van der Waals surface area contributed by atoms with Crippen LogP contribution in [0.4, 0.5) is 4.79 Å². The number of benzene rings is 2. The second-order valence-corrected chi connectivity index (χ2v) is 9.61. The van der Waals surface area contributed by atoms with E-state index in [-0.39, 0.29) is 27.4 Å². The molecule has 0 atom stereocenters. The van der Waals surface area contributed by atoms with Crippen molar-refractivity contribution in [2.75, 3.05) is 13.7 Å². The minimum Gasteiger partial charge on any atom is -0.493 e. The molecule has 174 valence electrons. The molecule has 0 N–H and O–H groups in total. The highest BCUT2D eigenvalue weighted by atomic mass is 32.2. The van der Waals surface area contributed by atoms with Gasteiger partial charge in [-0.25, -0.2) is 0 Å². The number of methoxy groups -OCH3 is 1. The Balaban J connectivity index is 1.80. The van der Waals surface area contributed by atoms with Crippen LogP contribution in [0.3, 0.4) is 0 Å². The van der Waals surface area contributed by atoms with Gasteiger partial charge >= 0.3 is 16.1 Å². The standard InChI is InChI=1S/C22H21NO8S2/c1-14(2)30-20(24)13-23-21(25)19(32-22(23)26)12-15-9-10-17(18(11-15)29-3)31-33(27,28)16-7-5-4-6-8-16/h4-12,14H,13H2,1-3H3/b19-12-. The molecule has 1 aliphatic heterocycles. The van der Waals surface area contributed by atoms with E-state index < -0.39 is 33.8 Å².